The van der Waals surface area contributed by atoms with Gasteiger partial charge >= 0.3 is 6.18 Å². The van der Waals surface area contributed by atoms with Gasteiger partial charge in [-0.1, -0.05) is 6.92 Å². The van der Waals surface area contributed by atoms with Gasteiger partial charge in [0, 0.05) is 12.6 Å². The van der Waals surface area contributed by atoms with Gasteiger partial charge in [0.25, 0.3) is 0 Å². The Balaban J connectivity index is 3.14. The summed E-state index contributed by atoms with van der Waals surface area (Å²) < 4.78 is 37.6. The number of halogens is 3. The number of rotatable bonds is 3. The van der Waals surface area contributed by atoms with E-state index in [0.29, 0.717) is 5.69 Å². The summed E-state index contributed by atoms with van der Waals surface area (Å²) in [5, 5.41) is 0. The van der Waals surface area contributed by atoms with Gasteiger partial charge in [-0.2, -0.15) is 13.2 Å². The molecule has 1 aromatic rings. The van der Waals surface area contributed by atoms with Crippen LogP contribution in [0, 0.1) is 0 Å². The van der Waals surface area contributed by atoms with E-state index in [1.54, 1.807) is 0 Å². The van der Waals surface area contributed by atoms with Crippen LogP contribution in [0.3, 0.4) is 0 Å². The molecule has 0 bridgehead atoms. The van der Waals surface area contributed by atoms with Crippen LogP contribution >= 0.6 is 0 Å². The number of nitrogens with two attached hydrogens (primary N) is 1. The van der Waals surface area contributed by atoms with Crippen LogP contribution in [-0.2, 0) is 6.18 Å². The van der Waals surface area contributed by atoms with Crippen molar-refractivity contribution >= 4 is 11.4 Å². The van der Waals surface area contributed by atoms with E-state index < -0.39 is 11.7 Å². The molecule has 0 saturated heterocycles. The van der Waals surface area contributed by atoms with Crippen molar-refractivity contribution in [3.8, 4) is 0 Å². The van der Waals surface area contributed by atoms with E-state index in [2.05, 4.69) is 0 Å². The molecule has 18 heavy (non-hydrogen) atoms. The number of nitrogen functional groups attached to an aromatic ring is 1. The minimum atomic E-state index is -4.36. The van der Waals surface area contributed by atoms with Crippen LogP contribution in [0.4, 0.5) is 24.5 Å². The van der Waals surface area contributed by atoms with Crippen LogP contribution in [0.2, 0.25) is 0 Å². The Kier molecular flexibility index (Phi) is 3.84. The lowest BCUT2D eigenvalue weighted by molar-refractivity contribution is -0.137. The maximum atomic E-state index is 12.5. The minimum absolute atomic E-state index is 0.147. The summed E-state index contributed by atoms with van der Waals surface area (Å²) in [6.07, 6.45) is -3.49. The first-order valence-corrected chi connectivity index (χ1v) is 5.80. The van der Waals surface area contributed by atoms with Crippen molar-refractivity contribution in [1.82, 2.24) is 0 Å². The number of alkyl halides is 3. The molecule has 0 atom stereocenters. The second-order valence-electron chi connectivity index (χ2n) is 5.00. The van der Waals surface area contributed by atoms with Gasteiger partial charge in [-0.05, 0) is 38.5 Å². The van der Waals surface area contributed by atoms with Crippen LogP contribution in [0.15, 0.2) is 18.2 Å². The summed E-state index contributed by atoms with van der Waals surface area (Å²) in [6.45, 7) is 6.06. The second kappa shape index (κ2) is 4.71. The van der Waals surface area contributed by atoms with E-state index in [9.17, 15) is 13.2 Å². The summed E-state index contributed by atoms with van der Waals surface area (Å²) in [4.78, 5) is 1.91. The average molecular weight is 260 g/mol. The summed E-state index contributed by atoms with van der Waals surface area (Å²) in [6, 6.07) is 3.47. The van der Waals surface area contributed by atoms with Gasteiger partial charge in [-0.15, -0.1) is 0 Å². The maximum Gasteiger partial charge on any atom is 0.416 e. The van der Waals surface area contributed by atoms with E-state index in [-0.39, 0.29) is 11.2 Å². The molecule has 2 N–H and O–H groups in total. The first kappa shape index (κ1) is 14.7. The summed E-state index contributed by atoms with van der Waals surface area (Å²) in [5.74, 6) is 0. The standard InChI is InChI=1S/C13H19F3N2/c1-5-12(2,3)18(4)11-7-6-9(8-10(11)17)13(14,15)16/h6-8H,5,17H2,1-4H3. The van der Waals surface area contributed by atoms with Gasteiger partial charge in [-0.25, -0.2) is 0 Å². The molecule has 0 aliphatic heterocycles. The lowest BCUT2D eigenvalue weighted by Gasteiger charge is -2.37. The predicted octanol–water partition coefficient (Wildman–Crippen LogP) is 3.91. The molecule has 0 aliphatic rings. The third-order valence-corrected chi connectivity index (χ3v) is 3.49. The Labute approximate surface area is 106 Å². The van der Waals surface area contributed by atoms with Crippen molar-refractivity contribution in [2.75, 3.05) is 17.7 Å². The number of nitrogens with zero attached hydrogens (tertiary/aromatic N) is 1. The molecular formula is C13H19F3N2. The summed E-state index contributed by atoms with van der Waals surface area (Å²) in [5.41, 5.74) is 5.62. The maximum absolute atomic E-state index is 12.5. The lowest BCUT2D eigenvalue weighted by atomic mass is 9.98. The summed E-state index contributed by atoms with van der Waals surface area (Å²) in [7, 11) is 1.84. The smallest absolute Gasteiger partial charge is 0.397 e. The molecule has 2 nitrogen and oxygen atoms in total. The Morgan fingerprint density at radius 3 is 2.17 bits per heavy atom. The zero-order chi connectivity index (χ0) is 14.1. The summed E-state index contributed by atoms with van der Waals surface area (Å²) >= 11 is 0. The van der Waals surface area contributed by atoms with Crippen LogP contribution in [0.5, 0.6) is 0 Å². The third-order valence-electron chi connectivity index (χ3n) is 3.49. The van der Waals surface area contributed by atoms with Gasteiger partial charge in [0.1, 0.15) is 0 Å². The molecule has 0 heterocycles. The van der Waals surface area contributed by atoms with Crippen molar-refractivity contribution in [3.63, 3.8) is 0 Å². The highest BCUT2D eigenvalue weighted by molar-refractivity contribution is 5.69. The second-order valence-corrected chi connectivity index (χ2v) is 5.00. The van der Waals surface area contributed by atoms with E-state index in [4.69, 9.17) is 5.73 Å². The fourth-order valence-electron chi connectivity index (χ4n) is 1.60. The zero-order valence-corrected chi connectivity index (χ0v) is 11.1. The van der Waals surface area contributed by atoms with Crippen molar-refractivity contribution < 1.29 is 13.2 Å². The zero-order valence-electron chi connectivity index (χ0n) is 11.1. The first-order chi connectivity index (χ1) is 8.09. The normalized spacial score (nSPS) is 12.6. The van der Waals surface area contributed by atoms with Crippen molar-refractivity contribution in [2.24, 2.45) is 0 Å². The van der Waals surface area contributed by atoms with Crippen LogP contribution in [0.1, 0.15) is 32.8 Å². The fraction of sp³-hybridized carbons (Fsp3) is 0.538. The molecule has 0 aliphatic carbocycles. The van der Waals surface area contributed by atoms with E-state index in [0.717, 1.165) is 18.6 Å². The molecule has 0 spiro atoms. The van der Waals surface area contributed by atoms with Crippen molar-refractivity contribution in [2.45, 2.75) is 38.9 Å². The predicted molar refractivity (Wildman–Crippen MR) is 68.6 cm³/mol. The van der Waals surface area contributed by atoms with Gasteiger partial charge in [0.05, 0.1) is 16.9 Å². The molecule has 0 radical (unpaired) electrons. The Morgan fingerprint density at radius 2 is 1.78 bits per heavy atom. The van der Waals surface area contributed by atoms with Crippen LogP contribution in [-0.4, -0.2) is 12.6 Å². The molecule has 0 aromatic heterocycles. The van der Waals surface area contributed by atoms with Gasteiger partial charge in [-0.3, -0.25) is 0 Å². The Morgan fingerprint density at radius 1 is 1.22 bits per heavy atom. The molecule has 5 heteroatoms. The quantitative estimate of drug-likeness (QED) is 0.835. The van der Waals surface area contributed by atoms with E-state index in [1.165, 1.54) is 6.07 Å². The highest BCUT2D eigenvalue weighted by Crippen LogP contribution is 2.35. The highest BCUT2D eigenvalue weighted by Gasteiger charge is 2.31. The van der Waals surface area contributed by atoms with Gasteiger partial charge in [0.2, 0.25) is 0 Å². The number of benzene rings is 1. The number of hydrogen-bond acceptors (Lipinski definition) is 2. The SMILES string of the molecule is CCC(C)(C)N(C)c1ccc(C(F)(F)F)cc1N. The monoisotopic (exact) mass is 260 g/mol. The Bertz CT molecular complexity index is 425. The third kappa shape index (κ3) is 2.89. The van der Waals surface area contributed by atoms with Gasteiger partial charge < -0.3 is 10.6 Å². The molecule has 1 aromatic carbocycles. The highest BCUT2D eigenvalue weighted by atomic mass is 19.4. The average Bonchev–Trinajstić information content (AvgIpc) is 2.26. The van der Waals surface area contributed by atoms with Crippen LogP contribution in [0.25, 0.3) is 0 Å². The van der Waals surface area contributed by atoms with E-state index >= 15 is 0 Å². The minimum Gasteiger partial charge on any atom is -0.397 e. The molecule has 1 rings (SSSR count). The topological polar surface area (TPSA) is 29.3 Å². The number of hydrogen-bond donors (Lipinski definition) is 1. The van der Waals surface area contributed by atoms with Crippen LogP contribution < -0.4 is 10.6 Å². The molecule has 0 amide bonds. The fourth-order valence-corrected chi connectivity index (χ4v) is 1.60. The molecular weight excluding hydrogens is 241 g/mol. The van der Waals surface area contributed by atoms with Gasteiger partial charge in [0.15, 0.2) is 0 Å². The molecule has 0 unspecified atom stereocenters. The largest absolute Gasteiger partial charge is 0.416 e. The van der Waals surface area contributed by atoms with Crippen molar-refractivity contribution in [1.29, 1.82) is 0 Å². The molecule has 0 saturated carbocycles. The Hall–Kier alpha value is -1.39. The molecule has 0 fully saturated rings. The lowest BCUT2D eigenvalue weighted by Crippen LogP contribution is -2.40. The number of anilines is 2. The first-order valence-electron chi connectivity index (χ1n) is 5.80. The molecule has 102 valence electrons. The van der Waals surface area contributed by atoms with Crippen molar-refractivity contribution in [3.05, 3.63) is 23.8 Å². The van der Waals surface area contributed by atoms with E-state index in [1.807, 2.05) is 32.7 Å².